The van der Waals surface area contributed by atoms with E-state index in [2.05, 4.69) is 25.3 Å². The van der Waals surface area contributed by atoms with Gasteiger partial charge in [0.05, 0.1) is 11.2 Å². The van der Waals surface area contributed by atoms with Gasteiger partial charge in [0, 0.05) is 14.0 Å². The molecule has 0 aromatic carbocycles. The zero-order valence-corrected chi connectivity index (χ0v) is 10.4. The van der Waals surface area contributed by atoms with Crippen LogP contribution in [0.3, 0.4) is 0 Å². The van der Waals surface area contributed by atoms with Crippen molar-refractivity contribution in [3.05, 3.63) is 23.7 Å². The summed E-state index contributed by atoms with van der Waals surface area (Å²) in [6, 6.07) is 3.83. The number of aromatic nitrogens is 4. The van der Waals surface area contributed by atoms with Crippen molar-refractivity contribution in [2.75, 3.05) is 12.4 Å². The summed E-state index contributed by atoms with van der Waals surface area (Å²) in [6.45, 7) is 3.71. The second kappa shape index (κ2) is 3.83. The van der Waals surface area contributed by atoms with Gasteiger partial charge < -0.3 is 14.7 Å². The van der Waals surface area contributed by atoms with Gasteiger partial charge in [-0.1, -0.05) is 0 Å². The fourth-order valence-electron chi connectivity index (χ4n) is 1.89. The number of rotatable bonds is 2. The van der Waals surface area contributed by atoms with Crippen LogP contribution in [-0.2, 0) is 0 Å². The molecule has 3 aromatic heterocycles. The van der Waals surface area contributed by atoms with Gasteiger partial charge in [0.1, 0.15) is 5.82 Å². The van der Waals surface area contributed by atoms with E-state index in [9.17, 15) is 0 Å². The van der Waals surface area contributed by atoms with Gasteiger partial charge in [-0.15, -0.1) is 0 Å². The summed E-state index contributed by atoms with van der Waals surface area (Å²) < 4.78 is 5.54. The smallest absolute Gasteiger partial charge is 0.192 e. The first-order valence-electron chi connectivity index (χ1n) is 5.66. The molecule has 6 nitrogen and oxygen atoms in total. The lowest BCUT2D eigenvalue weighted by atomic mass is 10.3. The summed E-state index contributed by atoms with van der Waals surface area (Å²) >= 11 is 0. The minimum atomic E-state index is 0.631. The molecule has 0 spiro atoms. The van der Waals surface area contributed by atoms with Crippen LogP contribution < -0.4 is 5.32 Å². The number of aromatic amines is 1. The molecule has 0 radical (unpaired) electrons. The highest BCUT2D eigenvalue weighted by molar-refractivity contribution is 5.76. The third-order valence-corrected chi connectivity index (χ3v) is 2.72. The molecule has 0 atom stereocenters. The molecule has 3 rings (SSSR count). The molecular weight excluding hydrogens is 230 g/mol. The van der Waals surface area contributed by atoms with Crippen molar-refractivity contribution >= 4 is 17.0 Å². The number of nitrogens with one attached hydrogen (secondary N) is 2. The van der Waals surface area contributed by atoms with Crippen LogP contribution in [0, 0.1) is 13.8 Å². The number of oxazole rings is 1. The lowest BCUT2D eigenvalue weighted by molar-refractivity contribution is 0.531. The Morgan fingerprint density at radius 2 is 2.00 bits per heavy atom. The summed E-state index contributed by atoms with van der Waals surface area (Å²) in [5.74, 6) is 2.73. The molecule has 3 heterocycles. The third kappa shape index (κ3) is 1.62. The molecule has 2 N–H and O–H groups in total. The Balaban J connectivity index is 2.16. The van der Waals surface area contributed by atoms with Crippen molar-refractivity contribution in [2.45, 2.75) is 13.8 Å². The number of hydrogen-bond acceptors (Lipinski definition) is 5. The second-order valence-corrected chi connectivity index (χ2v) is 4.05. The molecule has 0 bridgehead atoms. The molecule has 0 aliphatic carbocycles. The fourth-order valence-corrected chi connectivity index (χ4v) is 1.89. The quantitative estimate of drug-likeness (QED) is 0.721. The molecule has 0 aliphatic rings. The number of nitrogens with zero attached hydrogens (tertiary/aromatic N) is 3. The average Bonchev–Trinajstić information content (AvgIpc) is 2.90. The first kappa shape index (κ1) is 10.8. The molecule has 18 heavy (non-hydrogen) atoms. The molecule has 0 amide bonds. The Labute approximate surface area is 103 Å². The number of imidazole rings is 1. The molecule has 0 saturated carbocycles. The highest BCUT2D eigenvalue weighted by Gasteiger charge is 2.14. The van der Waals surface area contributed by atoms with Crippen LogP contribution in [0.1, 0.15) is 11.6 Å². The zero-order chi connectivity index (χ0) is 12.7. The topological polar surface area (TPSA) is 79.6 Å². The minimum absolute atomic E-state index is 0.631. The zero-order valence-electron chi connectivity index (χ0n) is 10.4. The predicted molar refractivity (Wildman–Crippen MR) is 68.4 cm³/mol. The van der Waals surface area contributed by atoms with Crippen molar-refractivity contribution in [2.24, 2.45) is 0 Å². The lowest BCUT2D eigenvalue weighted by Crippen LogP contribution is -1.91. The van der Waals surface area contributed by atoms with Gasteiger partial charge in [-0.25, -0.2) is 15.0 Å². The van der Waals surface area contributed by atoms with Gasteiger partial charge in [0.25, 0.3) is 0 Å². The number of anilines is 1. The fraction of sp³-hybridized carbons (Fsp3) is 0.250. The number of fused-ring (bicyclic) bond motifs is 1. The van der Waals surface area contributed by atoms with Gasteiger partial charge in [0.2, 0.25) is 0 Å². The van der Waals surface area contributed by atoms with Gasteiger partial charge in [-0.05, 0) is 19.1 Å². The third-order valence-electron chi connectivity index (χ3n) is 2.72. The van der Waals surface area contributed by atoms with E-state index in [1.807, 2.05) is 33.0 Å². The van der Waals surface area contributed by atoms with Gasteiger partial charge in [-0.2, -0.15) is 0 Å². The van der Waals surface area contributed by atoms with Crippen molar-refractivity contribution in [3.8, 4) is 11.6 Å². The molecule has 0 aliphatic heterocycles. The number of hydrogen-bond donors (Lipinski definition) is 2. The maximum absolute atomic E-state index is 5.54. The SMILES string of the molecule is CNc1ccc2[nH]c(-c3oc(C)nc3C)nc2n1. The van der Waals surface area contributed by atoms with Crippen LogP contribution in [-0.4, -0.2) is 27.0 Å². The summed E-state index contributed by atoms with van der Waals surface area (Å²) in [6.07, 6.45) is 0. The van der Waals surface area contributed by atoms with Crippen LogP contribution in [0.4, 0.5) is 5.82 Å². The molecule has 0 unspecified atom stereocenters. The summed E-state index contributed by atoms with van der Waals surface area (Å²) in [5, 5.41) is 2.98. The second-order valence-electron chi connectivity index (χ2n) is 4.05. The molecule has 92 valence electrons. The van der Waals surface area contributed by atoms with E-state index >= 15 is 0 Å². The van der Waals surface area contributed by atoms with Gasteiger partial charge in [0.15, 0.2) is 23.1 Å². The standard InChI is InChI=1S/C12H13N5O/c1-6-10(18-7(2)14-6)12-15-8-4-5-9(13-3)16-11(8)17-12/h4-5H,1-3H3,(H2,13,15,16,17). The predicted octanol–water partition coefficient (Wildman–Crippen LogP) is 2.27. The largest absolute Gasteiger partial charge is 0.437 e. The Morgan fingerprint density at radius 1 is 1.17 bits per heavy atom. The van der Waals surface area contributed by atoms with E-state index in [0.717, 1.165) is 17.0 Å². The monoisotopic (exact) mass is 243 g/mol. The Hall–Kier alpha value is -2.37. The minimum Gasteiger partial charge on any atom is -0.437 e. The van der Waals surface area contributed by atoms with E-state index in [-0.39, 0.29) is 0 Å². The molecule has 6 heteroatoms. The van der Waals surface area contributed by atoms with E-state index in [0.29, 0.717) is 23.1 Å². The van der Waals surface area contributed by atoms with Crippen molar-refractivity contribution in [1.82, 2.24) is 19.9 Å². The van der Waals surface area contributed by atoms with Crippen molar-refractivity contribution < 1.29 is 4.42 Å². The van der Waals surface area contributed by atoms with Crippen LogP contribution in [0.15, 0.2) is 16.5 Å². The van der Waals surface area contributed by atoms with Crippen LogP contribution in [0.25, 0.3) is 22.7 Å². The van der Waals surface area contributed by atoms with Gasteiger partial charge in [-0.3, -0.25) is 0 Å². The number of pyridine rings is 1. The van der Waals surface area contributed by atoms with E-state index in [1.165, 1.54) is 0 Å². The number of aryl methyl sites for hydroxylation is 2. The maximum atomic E-state index is 5.54. The summed E-state index contributed by atoms with van der Waals surface area (Å²) in [5.41, 5.74) is 2.35. The highest BCUT2D eigenvalue weighted by Crippen LogP contribution is 2.24. The van der Waals surface area contributed by atoms with E-state index < -0.39 is 0 Å². The highest BCUT2D eigenvalue weighted by atomic mass is 16.4. The Kier molecular flexibility index (Phi) is 2.29. The maximum Gasteiger partial charge on any atom is 0.192 e. The molecule has 0 saturated heterocycles. The molecule has 0 fully saturated rings. The summed E-state index contributed by atoms with van der Waals surface area (Å²) in [4.78, 5) is 16.2. The summed E-state index contributed by atoms with van der Waals surface area (Å²) in [7, 11) is 1.83. The Bertz CT molecular complexity index is 712. The van der Waals surface area contributed by atoms with Crippen molar-refractivity contribution in [3.63, 3.8) is 0 Å². The van der Waals surface area contributed by atoms with Crippen molar-refractivity contribution in [1.29, 1.82) is 0 Å². The van der Waals surface area contributed by atoms with E-state index in [1.54, 1.807) is 0 Å². The van der Waals surface area contributed by atoms with Crippen LogP contribution in [0.2, 0.25) is 0 Å². The first-order chi connectivity index (χ1) is 8.67. The van der Waals surface area contributed by atoms with Gasteiger partial charge >= 0.3 is 0 Å². The lowest BCUT2D eigenvalue weighted by Gasteiger charge is -1.95. The normalized spacial score (nSPS) is 11.1. The van der Waals surface area contributed by atoms with Crippen LogP contribution >= 0.6 is 0 Å². The van der Waals surface area contributed by atoms with E-state index in [4.69, 9.17) is 4.42 Å². The molecule has 3 aromatic rings. The number of H-pyrrole nitrogens is 1. The first-order valence-corrected chi connectivity index (χ1v) is 5.66. The molecular formula is C12H13N5O. The van der Waals surface area contributed by atoms with Crippen LogP contribution in [0.5, 0.6) is 0 Å². The average molecular weight is 243 g/mol. The Morgan fingerprint density at radius 3 is 2.67 bits per heavy atom.